The minimum absolute atomic E-state index is 0.487. The summed E-state index contributed by atoms with van der Waals surface area (Å²) in [5.74, 6) is 1.58. The van der Waals surface area contributed by atoms with Crippen molar-refractivity contribution >= 4 is 55.0 Å². The summed E-state index contributed by atoms with van der Waals surface area (Å²) in [5.41, 5.74) is 10.9. The molecule has 0 unspecified atom stereocenters. The van der Waals surface area contributed by atoms with Gasteiger partial charge in [-0.1, -0.05) is 127 Å². The molecule has 286 valence electrons. The Kier molecular flexibility index (Phi) is 8.46. The summed E-state index contributed by atoms with van der Waals surface area (Å²) >= 11 is 0. The summed E-state index contributed by atoms with van der Waals surface area (Å²) in [4.78, 5) is 22.8. The monoisotopic (exact) mass is 790 g/mol. The van der Waals surface area contributed by atoms with E-state index in [-0.39, 0.29) is 0 Å². The number of hydrogen-bond acceptors (Lipinski definition) is 4. The van der Waals surface area contributed by atoms with Gasteiger partial charge in [0.1, 0.15) is 6.07 Å². The quantitative estimate of drug-likeness (QED) is 0.157. The van der Waals surface area contributed by atoms with Crippen LogP contribution in [0, 0.1) is 24.5 Å². The highest BCUT2D eigenvalue weighted by atomic mass is 15.1. The smallest absolute Gasteiger partial charge is 0.188 e. The van der Waals surface area contributed by atoms with E-state index in [0.29, 0.717) is 34.4 Å². The molecule has 0 fully saturated rings. The number of hydrogen-bond donors (Lipinski definition) is 0. The van der Waals surface area contributed by atoms with Crippen LogP contribution >= 0.6 is 0 Å². The molecule has 11 aromatic rings. The molecule has 0 spiro atoms. The van der Waals surface area contributed by atoms with E-state index >= 15 is 0 Å². The number of nitriles is 1. The van der Waals surface area contributed by atoms with E-state index in [9.17, 15) is 5.26 Å². The van der Waals surface area contributed by atoms with E-state index in [2.05, 4.69) is 55.2 Å². The van der Waals surface area contributed by atoms with Crippen LogP contribution in [0.5, 0.6) is 0 Å². The molecule has 8 aromatic carbocycles. The van der Waals surface area contributed by atoms with Crippen molar-refractivity contribution in [3.8, 4) is 62.7 Å². The van der Waals surface area contributed by atoms with E-state index in [4.69, 9.17) is 28.1 Å². The molecule has 0 aliphatic rings. The summed E-state index contributed by atoms with van der Waals surface area (Å²) < 4.78 is 4.34. The molecule has 0 bridgehead atoms. The maximum Gasteiger partial charge on any atom is 0.188 e. The summed E-state index contributed by atoms with van der Waals surface area (Å²) in [6, 6.07) is 62.4. The second-order valence-corrected chi connectivity index (χ2v) is 14.9. The maximum absolute atomic E-state index is 11.1. The number of aromatic nitrogens is 5. The Morgan fingerprint density at radius 3 is 1.45 bits per heavy atom. The molecule has 0 radical (unpaired) electrons. The highest BCUT2D eigenvalue weighted by Gasteiger charge is 2.23. The zero-order valence-electron chi connectivity index (χ0n) is 32.9. The first-order valence-electron chi connectivity index (χ1n) is 20.0. The normalized spacial score (nSPS) is 11.2. The Labute approximate surface area is 356 Å². The number of rotatable bonds is 6. The van der Waals surface area contributed by atoms with Gasteiger partial charge in [0.05, 0.1) is 52.1 Å². The first-order chi connectivity index (χ1) is 30.6. The Balaban J connectivity index is 1.20. The summed E-state index contributed by atoms with van der Waals surface area (Å²) in [5, 5.41) is 15.0. The van der Waals surface area contributed by atoms with Gasteiger partial charge in [-0.25, -0.2) is 24.6 Å². The van der Waals surface area contributed by atoms with Crippen molar-refractivity contribution in [2.24, 2.45) is 0 Å². The highest BCUT2D eigenvalue weighted by Crippen LogP contribution is 2.42. The molecule has 62 heavy (non-hydrogen) atoms. The van der Waals surface area contributed by atoms with Crippen LogP contribution in [0.4, 0.5) is 11.4 Å². The van der Waals surface area contributed by atoms with Gasteiger partial charge in [-0.3, -0.25) is 0 Å². The van der Waals surface area contributed by atoms with Crippen molar-refractivity contribution in [2.45, 2.75) is 0 Å². The van der Waals surface area contributed by atoms with E-state index in [1.165, 1.54) is 0 Å². The van der Waals surface area contributed by atoms with Crippen LogP contribution < -0.4 is 0 Å². The van der Waals surface area contributed by atoms with Crippen LogP contribution in [0.1, 0.15) is 5.56 Å². The van der Waals surface area contributed by atoms with Crippen molar-refractivity contribution in [3.05, 3.63) is 210 Å². The minimum Gasteiger partial charge on any atom is -0.309 e. The van der Waals surface area contributed by atoms with Crippen LogP contribution in [-0.4, -0.2) is 24.1 Å². The van der Waals surface area contributed by atoms with Crippen LogP contribution in [0.2, 0.25) is 0 Å². The lowest BCUT2D eigenvalue weighted by atomic mass is 9.96. The van der Waals surface area contributed by atoms with Crippen molar-refractivity contribution in [2.75, 3.05) is 0 Å². The molecule has 0 amide bonds. The molecule has 0 N–H and O–H groups in total. The van der Waals surface area contributed by atoms with Gasteiger partial charge in [0.2, 0.25) is 0 Å². The Morgan fingerprint density at radius 2 is 0.903 bits per heavy atom. The predicted molar refractivity (Wildman–Crippen MR) is 247 cm³/mol. The largest absolute Gasteiger partial charge is 0.309 e. The van der Waals surface area contributed by atoms with Crippen LogP contribution in [0.25, 0.3) is 110 Å². The zero-order chi connectivity index (χ0) is 41.7. The third-order valence-corrected chi connectivity index (χ3v) is 11.5. The molecule has 0 atom stereocenters. The fourth-order valence-corrected chi connectivity index (χ4v) is 8.67. The molecule has 3 heterocycles. The highest BCUT2D eigenvalue weighted by molar-refractivity contribution is 6.12. The molecule has 11 rings (SSSR count). The zero-order valence-corrected chi connectivity index (χ0v) is 32.9. The third-order valence-electron chi connectivity index (χ3n) is 11.5. The molecule has 0 saturated heterocycles. The van der Waals surface area contributed by atoms with Gasteiger partial charge >= 0.3 is 0 Å². The van der Waals surface area contributed by atoms with Crippen LogP contribution in [-0.2, 0) is 0 Å². The van der Waals surface area contributed by atoms with Crippen molar-refractivity contribution in [1.82, 2.24) is 24.1 Å². The number of fused-ring (bicyclic) bond motifs is 6. The molecular formula is C54H30N8. The molecule has 0 aliphatic carbocycles. The van der Waals surface area contributed by atoms with E-state index in [1.54, 1.807) is 0 Å². The standard InChI is InChI=1S/C54H30N8/c1-56-37-25-28-49-43(31-37)40-18-9-11-21-46(40)61(49)48-23-13-20-39(45(48)33-55)36-24-27-42(51(30-36)62-47-22-12-10-19-41(47)44-32-38(57-2)26-29-50(44)62)54-59-52(34-14-5-3-6-15-34)58-53(60-54)35-16-7-4-8-17-35/h3-32H. The first-order valence-corrected chi connectivity index (χ1v) is 20.0. The number of nitrogens with zero attached hydrogens (tertiary/aromatic N) is 8. The van der Waals surface area contributed by atoms with Gasteiger partial charge in [0.25, 0.3) is 0 Å². The minimum atomic E-state index is 0.487. The second-order valence-electron chi connectivity index (χ2n) is 14.9. The Hall–Kier alpha value is -9.16. The predicted octanol–water partition coefficient (Wildman–Crippen LogP) is 13.7. The summed E-state index contributed by atoms with van der Waals surface area (Å²) in [6.45, 7) is 15.5. The van der Waals surface area contributed by atoms with Gasteiger partial charge in [-0.2, -0.15) is 5.26 Å². The lowest BCUT2D eigenvalue weighted by Gasteiger charge is -2.18. The van der Waals surface area contributed by atoms with E-state index in [1.807, 2.05) is 152 Å². The van der Waals surface area contributed by atoms with E-state index < -0.39 is 0 Å². The molecule has 8 nitrogen and oxygen atoms in total. The van der Waals surface area contributed by atoms with Gasteiger partial charge < -0.3 is 9.13 Å². The van der Waals surface area contributed by atoms with Gasteiger partial charge in [0, 0.05) is 33.0 Å². The van der Waals surface area contributed by atoms with Crippen LogP contribution in [0.15, 0.2) is 182 Å². The Bertz CT molecular complexity index is 3670. The average Bonchev–Trinajstić information content (AvgIpc) is 3.85. The Morgan fingerprint density at radius 1 is 0.403 bits per heavy atom. The van der Waals surface area contributed by atoms with Gasteiger partial charge in [-0.05, 0) is 70.9 Å². The third kappa shape index (κ3) is 5.78. The average molecular weight is 791 g/mol. The first kappa shape index (κ1) is 36.0. The summed E-state index contributed by atoms with van der Waals surface area (Å²) in [6.07, 6.45) is 0. The van der Waals surface area contributed by atoms with Crippen molar-refractivity contribution in [1.29, 1.82) is 5.26 Å². The lowest BCUT2D eigenvalue weighted by molar-refractivity contribution is 1.06. The lowest BCUT2D eigenvalue weighted by Crippen LogP contribution is -2.04. The number of benzene rings is 8. The van der Waals surface area contributed by atoms with Crippen molar-refractivity contribution in [3.63, 3.8) is 0 Å². The number of para-hydroxylation sites is 2. The topological polar surface area (TPSA) is 81.0 Å². The van der Waals surface area contributed by atoms with E-state index in [0.717, 1.165) is 82.8 Å². The fraction of sp³-hybridized carbons (Fsp3) is 0. The fourth-order valence-electron chi connectivity index (χ4n) is 8.67. The second kappa shape index (κ2) is 14.6. The molecule has 3 aromatic heterocycles. The molecule has 8 heteroatoms. The maximum atomic E-state index is 11.1. The van der Waals surface area contributed by atoms with Crippen molar-refractivity contribution < 1.29 is 0 Å². The van der Waals surface area contributed by atoms with Crippen LogP contribution in [0.3, 0.4) is 0 Å². The molecule has 0 saturated carbocycles. The van der Waals surface area contributed by atoms with Gasteiger partial charge in [0.15, 0.2) is 28.8 Å². The molecule has 0 aliphatic heterocycles. The molecular weight excluding hydrogens is 761 g/mol. The van der Waals surface area contributed by atoms with Gasteiger partial charge in [-0.15, -0.1) is 0 Å². The summed E-state index contributed by atoms with van der Waals surface area (Å²) in [7, 11) is 0. The SMILES string of the molecule is [C-]#[N+]c1ccc2c(c1)c1ccccc1n2-c1cc(-c2cccc(-n3c4ccccc4c4cc([N+]#[C-])ccc43)c2C#N)ccc1-c1nc(-c2ccccc2)nc(-c2ccccc2)n1.